The molecular weight excluding hydrogens is 294 g/mol. The van der Waals surface area contributed by atoms with Crippen LogP contribution in [0.25, 0.3) is 0 Å². The normalized spacial score (nSPS) is 15.5. The van der Waals surface area contributed by atoms with Crippen LogP contribution in [0.4, 0.5) is 14.5 Å². The average Bonchev–Trinajstić information content (AvgIpc) is 3.05. The van der Waals surface area contributed by atoms with Crippen LogP contribution >= 0.6 is 0 Å². The van der Waals surface area contributed by atoms with Crippen molar-refractivity contribution in [3.8, 4) is 0 Å². The second-order valence-corrected chi connectivity index (χ2v) is 5.13. The Balaban J connectivity index is 1.86. The SMILES string of the molecule is CCCCCCOCC(F)(F)c1cccc(N2OCNO2)c1. The Labute approximate surface area is 129 Å². The smallest absolute Gasteiger partial charge is 0.296 e. The number of anilines is 1. The lowest BCUT2D eigenvalue weighted by atomic mass is 10.1. The number of hydroxylamine groups is 1. The van der Waals surface area contributed by atoms with Crippen molar-refractivity contribution in [2.45, 2.75) is 38.5 Å². The van der Waals surface area contributed by atoms with Crippen LogP contribution in [-0.4, -0.2) is 19.9 Å². The van der Waals surface area contributed by atoms with E-state index >= 15 is 0 Å². The topological polar surface area (TPSA) is 43.0 Å². The largest absolute Gasteiger partial charge is 0.375 e. The first-order chi connectivity index (χ1) is 10.6. The van der Waals surface area contributed by atoms with Crippen LogP contribution < -0.4 is 10.7 Å². The van der Waals surface area contributed by atoms with Crippen LogP contribution in [-0.2, 0) is 20.4 Å². The number of nitrogens with zero attached hydrogens (tertiary/aromatic N) is 1. The summed E-state index contributed by atoms with van der Waals surface area (Å²) in [6, 6.07) is 5.85. The molecule has 0 unspecified atom stereocenters. The summed E-state index contributed by atoms with van der Waals surface area (Å²) < 4.78 is 33.4. The second-order valence-electron chi connectivity index (χ2n) is 5.13. The predicted octanol–water partition coefficient (Wildman–Crippen LogP) is 3.52. The number of halogens is 2. The lowest BCUT2D eigenvalue weighted by Gasteiger charge is -2.19. The summed E-state index contributed by atoms with van der Waals surface area (Å²) in [5.41, 5.74) is 2.75. The van der Waals surface area contributed by atoms with Crippen molar-refractivity contribution in [3.05, 3.63) is 29.8 Å². The van der Waals surface area contributed by atoms with E-state index in [1.165, 1.54) is 18.2 Å². The molecule has 1 saturated heterocycles. The molecule has 22 heavy (non-hydrogen) atoms. The van der Waals surface area contributed by atoms with Crippen LogP contribution in [0, 0.1) is 0 Å². The third-order valence-electron chi connectivity index (χ3n) is 3.29. The molecule has 124 valence electrons. The zero-order chi connectivity index (χ0) is 15.8. The van der Waals surface area contributed by atoms with Crippen molar-refractivity contribution in [2.24, 2.45) is 0 Å². The van der Waals surface area contributed by atoms with E-state index in [1.807, 2.05) is 0 Å². The summed E-state index contributed by atoms with van der Waals surface area (Å²) in [6.45, 7) is 2.01. The molecule has 0 radical (unpaired) electrons. The van der Waals surface area contributed by atoms with E-state index < -0.39 is 12.5 Å². The molecule has 0 aliphatic carbocycles. The van der Waals surface area contributed by atoms with Gasteiger partial charge in [0.2, 0.25) is 0 Å². The number of rotatable bonds is 9. The van der Waals surface area contributed by atoms with Crippen molar-refractivity contribution >= 4 is 5.69 Å². The van der Waals surface area contributed by atoms with Gasteiger partial charge in [0.15, 0.2) is 6.73 Å². The highest BCUT2D eigenvalue weighted by Crippen LogP contribution is 2.31. The van der Waals surface area contributed by atoms with Gasteiger partial charge in [0.05, 0.1) is 5.69 Å². The van der Waals surface area contributed by atoms with Crippen molar-refractivity contribution in [1.82, 2.24) is 5.48 Å². The molecule has 0 saturated carbocycles. The molecule has 1 aromatic rings. The summed E-state index contributed by atoms with van der Waals surface area (Å²) in [6.07, 6.45) is 4.03. The molecule has 0 bridgehead atoms. The van der Waals surface area contributed by atoms with Gasteiger partial charge in [-0.15, -0.1) is 10.7 Å². The number of hydrogen-bond donors (Lipinski definition) is 1. The Morgan fingerprint density at radius 3 is 2.91 bits per heavy atom. The summed E-state index contributed by atoms with van der Waals surface area (Å²) in [7, 11) is 0. The number of benzene rings is 1. The van der Waals surface area contributed by atoms with Gasteiger partial charge >= 0.3 is 0 Å². The molecule has 1 N–H and O–H groups in total. The maximum Gasteiger partial charge on any atom is 0.296 e. The number of ether oxygens (including phenoxy) is 1. The summed E-state index contributed by atoms with van der Waals surface area (Å²) in [5, 5.41) is 1.06. The Hall–Kier alpha value is -1.28. The first-order valence-electron chi connectivity index (χ1n) is 7.52. The minimum atomic E-state index is -3.05. The lowest BCUT2D eigenvalue weighted by Crippen LogP contribution is -2.23. The van der Waals surface area contributed by atoms with Gasteiger partial charge in [0, 0.05) is 12.2 Å². The monoisotopic (exact) mass is 316 g/mol. The van der Waals surface area contributed by atoms with Crippen molar-refractivity contribution in [3.63, 3.8) is 0 Å². The van der Waals surface area contributed by atoms with E-state index in [0.717, 1.165) is 30.9 Å². The summed E-state index contributed by atoms with van der Waals surface area (Å²) >= 11 is 0. The number of hydrogen-bond acceptors (Lipinski definition) is 5. The van der Waals surface area contributed by atoms with E-state index in [0.29, 0.717) is 12.3 Å². The molecule has 0 aromatic heterocycles. The molecule has 0 spiro atoms. The van der Waals surface area contributed by atoms with Crippen molar-refractivity contribution < 1.29 is 23.3 Å². The Kier molecular flexibility index (Phi) is 6.50. The quantitative estimate of drug-likeness (QED) is 0.706. The van der Waals surface area contributed by atoms with Gasteiger partial charge in [0.1, 0.15) is 6.61 Å². The first kappa shape index (κ1) is 17.1. The number of alkyl halides is 2. The van der Waals surface area contributed by atoms with Crippen LogP contribution in [0.1, 0.15) is 38.2 Å². The van der Waals surface area contributed by atoms with Gasteiger partial charge in [-0.3, -0.25) is 0 Å². The van der Waals surface area contributed by atoms with Crippen molar-refractivity contribution in [2.75, 3.05) is 25.2 Å². The second kappa shape index (κ2) is 8.38. The molecule has 1 fully saturated rings. The highest BCUT2D eigenvalue weighted by molar-refractivity contribution is 5.45. The molecule has 0 atom stereocenters. The van der Waals surface area contributed by atoms with Gasteiger partial charge in [0.25, 0.3) is 5.92 Å². The average molecular weight is 316 g/mol. The summed E-state index contributed by atoms with van der Waals surface area (Å²) in [5.74, 6) is -3.05. The number of unbranched alkanes of at least 4 members (excludes halogenated alkanes) is 3. The predicted molar refractivity (Wildman–Crippen MR) is 77.9 cm³/mol. The molecule has 1 heterocycles. The maximum atomic E-state index is 14.2. The van der Waals surface area contributed by atoms with E-state index in [4.69, 9.17) is 14.5 Å². The minimum absolute atomic E-state index is 0.127. The fourth-order valence-electron chi connectivity index (χ4n) is 2.09. The highest BCUT2D eigenvalue weighted by Gasteiger charge is 2.32. The molecule has 1 aliphatic rings. The van der Waals surface area contributed by atoms with Gasteiger partial charge in [-0.1, -0.05) is 38.3 Å². The highest BCUT2D eigenvalue weighted by atomic mass is 19.3. The number of nitrogens with one attached hydrogen (secondary N) is 1. The van der Waals surface area contributed by atoms with E-state index in [-0.39, 0.29) is 12.3 Å². The molecular formula is C15H22F2N2O3. The third-order valence-corrected chi connectivity index (χ3v) is 3.29. The summed E-state index contributed by atoms with van der Waals surface area (Å²) in [4.78, 5) is 9.99. The van der Waals surface area contributed by atoms with Crippen LogP contribution in [0.2, 0.25) is 0 Å². The Morgan fingerprint density at radius 2 is 2.18 bits per heavy atom. The van der Waals surface area contributed by atoms with E-state index in [1.54, 1.807) is 6.07 Å². The minimum Gasteiger partial charge on any atom is -0.375 e. The fourth-order valence-corrected chi connectivity index (χ4v) is 2.09. The van der Waals surface area contributed by atoms with Gasteiger partial charge < -0.3 is 4.74 Å². The first-order valence-corrected chi connectivity index (χ1v) is 7.52. The van der Waals surface area contributed by atoms with Crippen LogP contribution in [0.3, 0.4) is 0 Å². The van der Waals surface area contributed by atoms with Gasteiger partial charge in [-0.05, 0) is 18.6 Å². The lowest BCUT2D eigenvalue weighted by molar-refractivity contribution is -0.0832. The molecule has 7 heteroatoms. The van der Waals surface area contributed by atoms with Crippen LogP contribution in [0.15, 0.2) is 24.3 Å². The Bertz CT molecular complexity index is 454. The Morgan fingerprint density at radius 1 is 1.32 bits per heavy atom. The van der Waals surface area contributed by atoms with Gasteiger partial charge in [-0.2, -0.15) is 13.7 Å². The molecule has 1 aliphatic heterocycles. The standard InChI is InChI=1S/C15H22F2N2O3/c1-2-3-4-5-9-20-11-15(16,17)13-7-6-8-14(10-13)19-21-12-18-22-19/h6-8,10,18H,2-5,9,11-12H2,1H3. The third kappa shape index (κ3) is 4.88. The van der Waals surface area contributed by atoms with E-state index in [2.05, 4.69) is 12.4 Å². The van der Waals surface area contributed by atoms with Crippen LogP contribution in [0.5, 0.6) is 0 Å². The maximum absolute atomic E-state index is 14.2. The zero-order valence-corrected chi connectivity index (χ0v) is 12.7. The molecule has 1 aromatic carbocycles. The fraction of sp³-hybridized carbons (Fsp3) is 0.600. The van der Waals surface area contributed by atoms with Crippen molar-refractivity contribution in [1.29, 1.82) is 0 Å². The van der Waals surface area contributed by atoms with Gasteiger partial charge in [-0.25, -0.2) is 4.84 Å². The molecule has 0 amide bonds. The molecule has 5 nitrogen and oxygen atoms in total. The zero-order valence-electron chi connectivity index (χ0n) is 12.7. The van der Waals surface area contributed by atoms with E-state index in [9.17, 15) is 8.78 Å². The molecule has 2 rings (SSSR count).